The van der Waals surface area contributed by atoms with E-state index in [1.165, 1.54) is 0 Å². The Balaban J connectivity index is 1.65. The first-order valence-electron chi connectivity index (χ1n) is 10.4. The van der Waals surface area contributed by atoms with Gasteiger partial charge in [-0.15, -0.1) is 11.3 Å². The van der Waals surface area contributed by atoms with Crippen molar-refractivity contribution in [2.45, 2.75) is 13.0 Å². The number of aromatic amines is 1. The molecular formula is C22H20ClN7OS. The van der Waals surface area contributed by atoms with E-state index in [2.05, 4.69) is 32.3 Å². The number of thiophene rings is 1. The summed E-state index contributed by atoms with van der Waals surface area (Å²) in [6.45, 7) is 4.29. The van der Waals surface area contributed by atoms with Crippen LogP contribution in [0.15, 0.2) is 36.1 Å². The summed E-state index contributed by atoms with van der Waals surface area (Å²) in [5.41, 5.74) is 4.44. The summed E-state index contributed by atoms with van der Waals surface area (Å²) >= 11 is 8.14. The molecule has 5 aromatic rings. The van der Waals surface area contributed by atoms with Gasteiger partial charge in [-0.05, 0) is 19.1 Å². The van der Waals surface area contributed by atoms with E-state index in [9.17, 15) is 0 Å². The van der Waals surface area contributed by atoms with Crippen LogP contribution in [-0.2, 0) is 11.8 Å². The second-order valence-electron chi connectivity index (χ2n) is 7.88. The molecule has 1 aliphatic rings. The third-order valence-corrected chi connectivity index (χ3v) is 7.13. The first kappa shape index (κ1) is 19.7. The number of aryl methyl sites for hydroxylation is 1. The molecule has 1 atom stereocenters. The number of fused-ring (bicyclic) bond motifs is 2. The minimum absolute atomic E-state index is 0.213. The second kappa shape index (κ2) is 7.54. The van der Waals surface area contributed by atoms with Crippen LogP contribution in [0, 0.1) is 0 Å². The second-order valence-corrected chi connectivity index (χ2v) is 9.17. The molecule has 0 aromatic carbocycles. The maximum Gasteiger partial charge on any atom is 0.163 e. The summed E-state index contributed by atoms with van der Waals surface area (Å²) in [6.07, 6.45) is 5.33. The highest BCUT2D eigenvalue weighted by Gasteiger charge is 2.27. The zero-order valence-corrected chi connectivity index (χ0v) is 19.1. The summed E-state index contributed by atoms with van der Waals surface area (Å²) in [6, 6.07) is 4.19. The van der Waals surface area contributed by atoms with Gasteiger partial charge in [0.25, 0.3) is 0 Å². The molecule has 0 spiro atoms. The maximum absolute atomic E-state index is 6.51. The predicted molar refractivity (Wildman–Crippen MR) is 127 cm³/mol. The van der Waals surface area contributed by atoms with Gasteiger partial charge >= 0.3 is 0 Å². The molecule has 1 saturated heterocycles. The van der Waals surface area contributed by atoms with Gasteiger partial charge in [0.2, 0.25) is 0 Å². The molecule has 8 nitrogen and oxygen atoms in total. The number of pyridine rings is 1. The number of nitrogens with zero attached hydrogens (tertiary/aromatic N) is 6. The van der Waals surface area contributed by atoms with E-state index in [4.69, 9.17) is 26.3 Å². The number of rotatable bonds is 3. The minimum atomic E-state index is 0.213. The van der Waals surface area contributed by atoms with Gasteiger partial charge in [-0.1, -0.05) is 11.6 Å². The summed E-state index contributed by atoms with van der Waals surface area (Å²) in [5, 5.41) is 8.01. The van der Waals surface area contributed by atoms with E-state index in [-0.39, 0.29) is 6.04 Å². The summed E-state index contributed by atoms with van der Waals surface area (Å²) in [5.74, 6) is 1.59. The van der Waals surface area contributed by atoms with Crippen LogP contribution in [-0.4, -0.2) is 55.5 Å². The Kier molecular flexibility index (Phi) is 4.63. The van der Waals surface area contributed by atoms with Crippen LogP contribution in [0.3, 0.4) is 0 Å². The lowest BCUT2D eigenvalue weighted by Crippen LogP contribution is -2.44. The van der Waals surface area contributed by atoms with Gasteiger partial charge in [-0.3, -0.25) is 4.68 Å². The fraction of sp³-hybridized carbons (Fsp3) is 0.273. The Labute approximate surface area is 192 Å². The molecule has 1 N–H and O–H groups in total. The molecule has 162 valence electrons. The molecule has 32 heavy (non-hydrogen) atoms. The van der Waals surface area contributed by atoms with Crippen LogP contribution >= 0.6 is 22.9 Å². The van der Waals surface area contributed by atoms with Gasteiger partial charge in [0, 0.05) is 47.9 Å². The van der Waals surface area contributed by atoms with Crippen molar-refractivity contribution in [2.24, 2.45) is 7.05 Å². The lowest BCUT2D eigenvalue weighted by atomic mass is 10.1. The normalized spacial score (nSPS) is 17.0. The smallest absolute Gasteiger partial charge is 0.163 e. The number of H-pyrrole nitrogens is 1. The third kappa shape index (κ3) is 3.00. The number of hydrogen-bond donors (Lipinski definition) is 1. The standard InChI is InChI=1S/C22H20ClN7OS/c1-12-10-31-8-7-30(12)22-19-17(15(11-32-19)18-16(23)9-26-29(18)2)27-21(28-22)14-4-6-25-20-13(14)3-5-24-20/h3-6,9,11-12H,7-8,10H2,1-2H3,(H,24,25). The Bertz CT molecular complexity index is 1440. The number of anilines is 1. The molecule has 1 fully saturated rings. The number of hydrogen-bond acceptors (Lipinski definition) is 7. The molecule has 1 unspecified atom stereocenters. The molecule has 0 saturated carbocycles. The highest BCUT2D eigenvalue weighted by Crippen LogP contribution is 2.41. The number of aromatic nitrogens is 6. The molecular weight excluding hydrogens is 446 g/mol. The number of halogens is 1. The van der Waals surface area contributed by atoms with Gasteiger partial charge in [0.15, 0.2) is 11.6 Å². The van der Waals surface area contributed by atoms with E-state index in [1.807, 2.05) is 25.4 Å². The van der Waals surface area contributed by atoms with E-state index in [1.54, 1.807) is 28.4 Å². The number of nitrogens with one attached hydrogen (secondary N) is 1. The predicted octanol–water partition coefficient (Wildman–Crippen LogP) is 4.51. The van der Waals surface area contributed by atoms with Gasteiger partial charge in [-0.25, -0.2) is 15.0 Å². The van der Waals surface area contributed by atoms with Gasteiger partial charge in [0.1, 0.15) is 5.65 Å². The lowest BCUT2D eigenvalue weighted by Gasteiger charge is -2.34. The largest absolute Gasteiger partial charge is 0.377 e. The highest BCUT2D eigenvalue weighted by atomic mass is 35.5. The SMILES string of the molecule is CC1COCCN1c1nc(-c2ccnc3[nH]ccc23)nc2c(-c3c(Cl)cnn3C)csc12. The molecule has 5 aromatic heterocycles. The fourth-order valence-corrected chi connectivity index (χ4v) is 5.56. The van der Waals surface area contributed by atoms with Crippen molar-refractivity contribution < 1.29 is 4.74 Å². The molecule has 0 amide bonds. The van der Waals surface area contributed by atoms with Crippen molar-refractivity contribution in [3.8, 4) is 22.6 Å². The van der Waals surface area contributed by atoms with Crippen LogP contribution in [0.25, 0.3) is 43.9 Å². The topological polar surface area (TPSA) is 84.8 Å². The Morgan fingerprint density at radius 1 is 1.25 bits per heavy atom. The molecule has 0 bridgehead atoms. The van der Waals surface area contributed by atoms with Gasteiger partial charge in [0.05, 0.1) is 46.4 Å². The van der Waals surface area contributed by atoms with Crippen LogP contribution in [0.5, 0.6) is 0 Å². The third-order valence-electron chi connectivity index (χ3n) is 5.89. The van der Waals surface area contributed by atoms with Crippen molar-refractivity contribution in [1.29, 1.82) is 0 Å². The van der Waals surface area contributed by atoms with Crippen LogP contribution in [0.1, 0.15) is 6.92 Å². The van der Waals surface area contributed by atoms with Gasteiger partial charge < -0.3 is 14.6 Å². The molecule has 6 heterocycles. The number of morpholine rings is 1. The monoisotopic (exact) mass is 465 g/mol. The lowest BCUT2D eigenvalue weighted by molar-refractivity contribution is 0.0987. The van der Waals surface area contributed by atoms with Crippen molar-refractivity contribution in [3.05, 3.63) is 41.1 Å². The van der Waals surface area contributed by atoms with Crippen molar-refractivity contribution in [3.63, 3.8) is 0 Å². The van der Waals surface area contributed by atoms with Crippen molar-refractivity contribution >= 4 is 50.0 Å². The zero-order valence-electron chi connectivity index (χ0n) is 17.5. The Hall–Kier alpha value is -3.01. The quantitative estimate of drug-likeness (QED) is 0.422. The molecule has 6 rings (SSSR count). The first-order valence-corrected chi connectivity index (χ1v) is 11.6. The molecule has 1 aliphatic heterocycles. The summed E-state index contributed by atoms with van der Waals surface area (Å²) < 4.78 is 8.51. The average Bonchev–Trinajstić information content (AvgIpc) is 3.52. The van der Waals surface area contributed by atoms with E-state index >= 15 is 0 Å². The fourth-order valence-electron chi connectivity index (χ4n) is 4.30. The van der Waals surface area contributed by atoms with Crippen LogP contribution in [0.4, 0.5) is 5.82 Å². The maximum atomic E-state index is 6.51. The molecule has 0 aliphatic carbocycles. The zero-order chi connectivity index (χ0) is 21.8. The Morgan fingerprint density at radius 3 is 2.97 bits per heavy atom. The minimum Gasteiger partial charge on any atom is -0.377 e. The number of ether oxygens (including phenoxy) is 1. The summed E-state index contributed by atoms with van der Waals surface area (Å²) in [4.78, 5) is 20.1. The van der Waals surface area contributed by atoms with E-state index in [0.29, 0.717) is 24.1 Å². The average molecular weight is 466 g/mol. The van der Waals surface area contributed by atoms with Crippen molar-refractivity contribution in [2.75, 3.05) is 24.7 Å². The Morgan fingerprint density at radius 2 is 2.16 bits per heavy atom. The summed E-state index contributed by atoms with van der Waals surface area (Å²) in [7, 11) is 1.89. The van der Waals surface area contributed by atoms with E-state index in [0.717, 1.165) is 50.4 Å². The van der Waals surface area contributed by atoms with Crippen LogP contribution in [0.2, 0.25) is 5.02 Å². The highest BCUT2D eigenvalue weighted by molar-refractivity contribution is 7.18. The van der Waals surface area contributed by atoms with Crippen molar-refractivity contribution in [1.82, 2.24) is 29.7 Å². The van der Waals surface area contributed by atoms with Gasteiger partial charge in [-0.2, -0.15) is 5.10 Å². The van der Waals surface area contributed by atoms with E-state index < -0.39 is 0 Å². The van der Waals surface area contributed by atoms with Crippen LogP contribution < -0.4 is 4.90 Å². The molecule has 0 radical (unpaired) electrons. The molecule has 10 heteroatoms. The first-order chi connectivity index (χ1) is 15.6.